The lowest BCUT2D eigenvalue weighted by molar-refractivity contribution is 0.240. The molecule has 0 aliphatic rings. The van der Waals surface area contributed by atoms with Gasteiger partial charge in [0.15, 0.2) is 0 Å². The summed E-state index contributed by atoms with van der Waals surface area (Å²) in [5, 5.41) is 5.82. The molecule has 0 fully saturated rings. The van der Waals surface area contributed by atoms with Crippen molar-refractivity contribution in [1.82, 2.24) is 24.8 Å². The summed E-state index contributed by atoms with van der Waals surface area (Å²) in [6, 6.07) is 20.4. The minimum atomic E-state index is -0.172. The SMILES string of the molecule is O=C(NCc1ccc(Cn2cccc2)cc1)NCc1ccc(Cn2ccnc2)cc1. The molecule has 2 heterocycles. The van der Waals surface area contributed by atoms with E-state index in [2.05, 4.69) is 56.6 Å². The molecule has 0 saturated carbocycles. The summed E-state index contributed by atoms with van der Waals surface area (Å²) < 4.78 is 4.15. The molecule has 30 heavy (non-hydrogen) atoms. The maximum absolute atomic E-state index is 12.1. The number of urea groups is 1. The Hall–Kier alpha value is -3.80. The van der Waals surface area contributed by atoms with Gasteiger partial charge in [-0.15, -0.1) is 0 Å². The number of imidazole rings is 1. The van der Waals surface area contributed by atoms with E-state index in [1.54, 1.807) is 12.5 Å². The molecule has 2 aromatic heterocycles. The van der Waals surface area contributed by atoms with Gasteiger partial charge in [0.1, 0.15) is 0 Å². The molecule has 0 aliphatic carbocycles. The molecule has 6 heteroatoms. The zero-order valence-electron chi connectivity index (χ0n) is 16.7. The van der Waals surface area contributed by atoms with Gasteiger partial charge >= 0.3 is 6.03 Å². The summed E-state index contributed by atoms with van der Waals surface area (Å²) in [7, 11) is 0. The van der Waals surface area contributed by atoms with Gasteiger partial charge in [-0.3, -0.25) is 0 Å². The van der Waals surface area contributed by atoms with Crippen molar-refractivity contribution in [3.63, 3.8) is 0 Å². The third-order valence-electron chi connectivity index (χ3n) is 4.91. The van der Waals surface area contributed by atoms with Gasteiger partial charge in [-0.05, 0) is 34.4 Å². The number of carbonyl (C=O) groups excluding carboxylic acids is 1. The van der Waals surface area contributed by atoms with E-state index < -0.39 is 0 Å². The van der Waals surface area contributed by atoms with Crippen molar-refractivity contribution in [3.05, 3.63) is 114 Å². The highest BCUT2D eigenvalue weighted by Gasteiger charge is 2.02. The highest BCUT2D eigenvalue weighted by atomic mass is 16.2. The van der Waals surface area contributed by atoms with Crippen LogP contribution in [0.1, 0.15) is 22.3 Å². The van der Waals surface area contributed by atoms with Crippen molar-refractivity contribution in [2.45, 2.75) is 26.2 Å². The van der Waals surface area contributed by atoms with E-state index in [0.29, 0.717) is 13.1 Å². The summed E-state index contributed by atoms with van der Waals surface area (Å²) in [5.74, 6) is 0. The van der Waals surface area contributed by atoms with E-state index in [-0.39, 0.29) is 6.03 Å². The second kappa shape index (κ2) is 9.60. The molecule has 2 amide bonds. The number of hydrogen-bond donors (Lipinski definition) is 2. The van der Waals surface area contributed by atoms with Crippen molar-refractivity contribution in [3.8, 4) is 0 Å². The van der Waals surface area contributed by atoms with Crippen LogP contribution in [-0.2, 0) is 26.2 Å². The van der Waals surface area contributed by atoms with Crippen molar-refractivity contribution in [2.75, 3.05) is 0 Å². The molecule has 0 aliphatic heterocycles. The van der Waals surface area contributed by atoms with E-state index in [4.69, 9.17) is 0 Å². The molecule has 0 bridgehead atoms. The summed E-state index contributed by atoms with van der Waals surface area (Å²) in [5.41, 5.74) is 4.57. The number of carbonyl (C=O) groups is 1. The Kier molecular flexibility index (Phi) is 6.25. The third kappa shape index (κ3) is 5.61. The molecule has 0 radical (unpaired) electrons. The number of rotatable bonds is 8. The second-order valence-electron chi connectivity index (χ2n) is 7.26. The first-order valence-corrected chi connectivity index (χ1v) is 9.98. The van der Waals surface area contributed by atoms with Crippen molar-refractivity contribution >= 4 is 6.03 Å². The molecule has 152 valence electrons. The Morgan fingerprint density at radius 3 is 1.70 bits per heavy atom. The Morgan fingerprint density at radius 1 is 0.700 bits per heavy atom. The standard InChI is InChI=1S/C24H25N5O/c30-24(26-15-20-3-7-22(8-4-20)17-28-12-1-2-13-28)27-16-21-5-9-23(10-6-21)18-29-14-11-25-19-29/h1-14,19H,15-18H2,(H2,26,27,30). The summed E-state index contributed by atoms with van der Waals surface area (Å²) in [6.07, 6.45) is 9.61. The Bertz CT molecular complexity index is 950. The van der Waals surface area contributed by atoms with Crippen LogP contribution in [0.25, 0.3) is 0 Å². The fraction of sp³-hybridized carbons (Fsp3) is 0.167. The number of nitrogens with one attached hydrogen (secondary N) is 2. The molecule has 4 aromatic rings. The van der Waals surface area contributed by atoms with Crippen LogP contribution in [0.3, 0.4) is 0 Å². The molecule has 4 rings (SSSR count). The zero-order valence-corrected chi connectivity index (χ0v) is 16.7. The van der Waals surface area contributed by atoms with Crippen LogP contribution in [0.4, 0.5) is 4.79 Å². The summed E-state index contributed by atoms with van der Waals surface area (Å²) >= 11 is 0. The lowest BCUT2D eigenvalue weighted by atomic mass is 10.1. The average molecular weight is 399 g/mol. The fourth-order valence-corrected chi connectivity index (χ4v) is 3.23. The van der Waals surface area contributed by atoms with E-state index in [1.165, 1.54) is 11.1 Å². The van der Waals surface area contributed by atoms with Crippen LogP contribution < -0.4 is 10.6 Å². The lowest BCUT2D eigenvalue weighted by Gasteiger charge is -2.09. The smallest absolute Gasteiger partial charge is 0.315 e. The predicted molar refractivity (Wildman–Crippen MR) is 117 cm³/mol. The normalized spacial score (nSPS) is 10.7. The van der Waals surface area contributed by atoms with Crippen molar-refractivity contribution in [1.29, 1.82) is 0 Å². The largest absolute Gasteiger partial charge is 0.350 e. The lowest BCUT2D eigenvalue weighted by Crippen LogP contribution is -2.34. The quantitative estimate of drug-likeness (QED) is 0.474. The number of benzene rings is 2. The predicted octanol–water partition coefficient (Wildman–Crippen LogP) is 3.78. The molecule has 0 spiro atoms. The fourth-order valence-electron chi connectivity index (χ4n) is 3.23. The third-order valence-corrected chi connectivity index (χ3v) is 4.91. The van der Waals surface area contributed by atoms with Gasteiger partial charge in [0, 0.05) is 51.0 Å². The van der Waals surface area contributed by atoms with Crippen LogP contribution in [-0.4, -0.2) is 20.1 Å². The maximum Gasteiger partial charge on any atom is 0.315 e. The first-order chi connectivity index (χ1) is 14.7. The monoisotopic (exact) mass is 399 g/mol. The highest BCUT2D eigenvalue weighted by Crippen LogP contribution is 2.08. The minimum Gasteiger partial charge on any atom is -0.350 e. The van der Waals surface area contributed by atoms with Gasteiger partial charge < -0.3 is 19.8 Å². The molecule has 2 N–H and O–H groups in total. The van der Waals surface area contributed by atoms with Gasteiger partial charge in [-0.1, -0.05) is 48.5 Å². The Balaban J connectivity index is 1.19. The number of nitrogens with zero attached hydrogens (tertiary/aromatic N) is 3. The molecule has 0 atom stereocenters. The molecule has 0 saturated heterocycles. The Morgan fingerprint density at radius 2 is 1.20 bits per heavy atom. The van der Waals surface area contributed by atoms with E-state index in [9.17, 15) is 4.79 Å². The Labute approximate surface area is 176 Å². The average Bonchev–Trinajstić information content (AvgIpc) is 3.47. The molecule has 0 unspecified atom stereocenters. The van der Waals surface area contributed by atoms with Crippen LogP contribution in [0.2, 0.25) is 0 Å². The van der Waals surface area contributed by atoms with Crippen LogP contribution in [0.15, 0.2) is 91.8 Å². The topological polar surface area (TPSA) is 63.9 Å². The van der Waals surface area contributed by atoms with E-state index in [1.807, 2.05) is 47.4 Å². The highest BCUT2D eigenvalue weighted by molar-refractivity contribution is 5.73. The molecule has 6 nitrogen and oxygen atoms in total. The minimum absolute atomic E-state index is 0.172. The first kappa shape index (κ1) is 19.5. The van der Waals surface area contributed by atoms with E-state index >= 15 is 0 Å². The molecule has 2 aromatic carbocycles. The first-order valence-electron chi connectivity index (χ1n) is 9.98. The summed E-state index contributed by atoms with van der Waals surface area (Å²) in [6.45, 7) is 2.63. The molecular formula is C24H25N5O. The van der Waals surface area contributed by atoms with Crippen molar-refractivity contribution in [2.24, 2.45) is 0 Å². The van der Waals surface area contributed by atoms with Gasteiger partial charge in [0.05, 0.1) is 6.33 Å². The molecular weight excluding hydrogens is 374 g/mol. The van der Waals surface area contributed by atoms with Crippen LogP contribution in [0.5, 0.6) is 0 Å². The van der Waals surface area contributed by atoms with Crippen LogP contribution >= 0.6 is 0 Å². The van der Waals surface area contributed by atoms with Crippen molar-refractivity contribution < 1.29 is 4.79 Å². The van der Waals surface area contributed by atoms with Gasteiger partial charge in [-0.2, -0.15) is 0 Å². The van der Waals surface area contributed by atoms with Gasteiger partial charge in [-0.25, -0.2) is 9.78 Å². The maximum atomic E-state index is 12.1. The van der Waals surface area contributed by atoms with Gasteiger partial charge in [0.25, 0.3) is 0 Å². The number of hydrogen-bond acceptors (Lipinski definition) is 2. The summed E-state index contributed by atoms with van der Waals surface area (Å²) in [4.78, 5) is 16.2. The van der Waals surface area contributed by atoms with E-state index in [0.717, 1.165) is 24.2 Å². The van der Waals surface area contributed by atoms with Crippen LogP contribution in [0, 0.1) is 0 Å². The second-order valence-corrected chi connectivity index (χ2v) is 7.26. The van der Waals surface area contributed by atoms with Gasteiger partial charge in [0.2, 0.25) is 0 Å². The number of amides is 2. The number of aromatic nitrogens is 3. The zero-order chi connectivity index (χ0) is 20.6.